The van der Waals surface area contributed by atoms with Crippen molar-refractivity contribution >= 4 is 11.8 Å². The third-order valence-electron chi connectivity index (χ3n) is 2.78. The average molecular weight is 234 g/mol. The summed E-state index contributed by atoms with van der Waals surface area (Å²) in [6.45, 7) is 0.430. The van der Waals surface area contributed by atoms with Crippen LogP contribution in [-0.2, 0) is 16.1 Å². The van der Waals surface area contributed by atoms with Crippen LogP contribution in [0.4, 0.5) is 0 Å². The molecular weight excluding hydrogens is 220 g/mol. The smallest absolute Gasteiger partial charge is 0.246 e. The quantitative estimate of drug-likeness (QED) is 0.728. The number of hydrogen-bond acceptors (Lipinski definition) is 5. The molecule has 17 heavy (non-hydrogen) atoms. The van der Waals surface area contributed by atoms with E-state index in [1.807, 2.05) is 0 Å². The minimum absolute atomic E-state index is 0.121. The van der Waals surface area contributed by atoms with Crippen molar-refractivity contribution in [3.63, 3.8) is 0 Å². The first-order valence-corrected chi connectivity index (χ1v) is 5.48. The van der Waals surface area contributed by atoms with Gasteiger partial charge in [0.1, 0.15) is 5.82 Å². The third-order valence-corrected chi connectivity index (χ3v) is 2.78. The van der Waals surface area contributed by atoms with Gasteiger partial charge in [0.25, 0.3) is 0 Å². The Balaban J connectivity index is 1.92. The van der Waals surface area contributed by atoms with Crippen molar-refractivity contribution in [2.24, 2.45) is 0 Å². The Hall–Kier alpha value is -1.82. The molecule has 1 unspecified atom stereocenters. The van der Waals surface area contributed by atoms with E-state index in [2.05, 4.69) is 15.3 Å². The SMILES string of the molecule is CN1C(=O)CCC(NCc2ncccn2)C1=O. The fourth-order valence-electron chi connectivity index (χ4n) is 1.74. The number of aromatic nitrogens is 2. The van der Waals surface area contributed by atoms with Crippen molar-refractivity contribution in [3.05, 3.63) is 24.3 Å². The molecule has 1 aliphatic rings. The van der Waals surface area contributed by atoms with E-state index in [4.69, 9.17) is 0 Å². The van der Waals surface area contributed by atoms with Gasteiger partial charge in [0.05, 0.1) is 12.6 Å². The molecule has 1 atom stereocenters. The Morgan fingerprint density at radius 2 is 2.12 bits per heavy atom. The summed E-state index contributed by atoms with van der Waals surface area (Å²) in [5.41, 5.74) is 0. The zero-order chi connectivity index (χ0) is 12.3. The molecule has 2 amide bonds. The molecule has 0 radical (unpaired) electrons. The molecule has 1 saturated heterocycles. The first-order chi connectivity index (χ1) is 8.18. The van der Waals surface area contributed by atoms with Crippen LogP contribution in [-0.4, -0.2) is 39.8 Å². The highest BCUT2D eigenvalue weighted by Gasteiger charge is 2.31. The van der Waals surface area contributed by atoms with Gasteiger partial charge in [-0.2, -0.15) is 0 Å². The summed E-state index contributed by atoms with van der Waals surface area (Å²) < 4.78 is 0. The van der Waals surface area contributed by atoms with E-state index < -0.39 is 0 Å². The topological polar surface area (TPSA) is 75.2 Å². The summed E-state index contributed by atoms with van der Waals surface area (Å²) in [5.74, 6) is 0.334. The van der Waals surface area contributed by atoms with Gasteiger partial charge >= 0.3 is 0 Å². The number of piperidine rings is 1. The number of nitrogens with zero attached hydrogens (tertiary/aromatic N) is 3. The molecular formula is C11H14N4O2. The van der Waals surface area contributed by atoms with Gasteiger partial charge in [-0.05, 0) is 12.5 Å². The molecule has 0 aliphatic carbocycles. The van der Waals surface area contributed by atoms with Crippen molar-refractivity contribution < 1.29 is 9.59 Å². The normalized spacial score (nSPS) is 20.8. The molecule has 0 aromatic carbocycles. The van der Waals surface area contributed by atoms with Crippen LogP contribution >= 0.6 is 0 Å². The molecule has 2 rings (SSSR count). The zero-order valence-electron chi connectivity index (χ0n) is 9.59. The predicted octanol–water partition coefficient (Wildman–Crippen LogP) is -0.286. The lowest BCUT2D eigenvalue weighted by Crippen LogP contribution is -2.51. The number of hydrogen-bond donors (Lipinski definition) is 1. The lowest BCUT2D eigenvalue weighted by molar-refractivity contribution is -0.148. The maximum absolute atomic E-state index is 11.8. The lowest BCUT2D eigenvalue weighted by atomic mass is 10.0. The van der Waals surface area contributed by atoms with Gasteiger partial charge in [-0.15, -0.1) is 0 Å². The number of likely N-dealkylation sites (N-methyl/N-ethyl adjacent to an activating group) is 1. The molecule has 90 valence electrons. The standard InChI is InChI=1S/C11H14N4O2/c1-15-10(16)4-3-8(11(15)17)14-7-9-12-5-2-6-13-9/h2,5-6,8,14H,3-4,7H2,1H3. The molecule has 0 bridgehead atoms. The second-order valence-corrected chi connectivity index (χ2v) is 3.93. The summed E-state index contributed by atoms with van der Waals surface area (Å²) >= 11 is 0. The minimum atomic E-state index is -0.318. The fourth-order valence-corrected chi connectivity index (χ4v) is 1.74. The first-order valence-electron chi connectivity index (χ1n) is 5.48. The molecule has 1 aromatic rings. The van der Waals surface area contributed by atoms with Crippen molar-refractivity contribution in [1.29, 1.82) is 0 Å². The van der Waals surface area contributed by atoms with E-state index in [9.17, 15) is 9.59 Å². The van der Waals surface area contributed by atoms with Crippen molar-refractivity contribution in [2.75, 3.05) is 7.05 Å². The summed E-state index contributed by atoms with van der Waals surface area (Å²) in [5, 5.41) is 3.07. The number of carbonyl (C=O) groups excluding carboxylic acids is 2. The van der Waals surface area contributed by atoms with Gasteiger partial charge in [-0.1, -0.05) is 0 Å². The summed E-state index contributed by atoms with van der Waals surface area (Å²) in [7, 11) is 1.51. The number of rotatable bonds is 3. The largest absolute Gasteiger partial charge is 0.299 e. The molecule has 6 heteroatoms. The fraction of sp³-hybridized carbons (Fsp3) is 0.455. The van der Waals surface area contributed by atoms with Crippen molar-refractivity contribution in [3.8, 4) is 0 Å². The molecule has 1 fully saturated rings. The third kappa shape index (κ3) is 2.65. The van der Waals surface area contributed by atoms with Crippen LogP contribution in [0.3, 0.4) is 0 Å². The Bertz CT molecular complexity index is 421. The van der Waals surface area contributed by atoms with Crippen LogP contribution in [0.2, 0.25) is 0 Å². The van der Waals surface area contributed by atoms with Crippen LogP contribution in [0.25, 0.3) is 0 Å². The van der Waals surface area contributed by atoms with Gasteiger partial charge in [-0.25, -0.2) is 9.97 Å². The Kier molecular flexibility index (Phi) is 3.43. The molecule has 1 aliphatic heterocycles. The second-order valence-electron chi connectivity index (χ2n) is 3.93. The molecule has 0 spiro atoms. The highest BCUT2D eigenvalue weighted by molar-refractivity contribution is 6.00. The molecule has 1 N–H and O–H groups in total. The highest BCUT2D eigenvalue weighted by atomic mass is 16.2. The lowest BCUT2D eigenvalue weighted by Gasteiger charge is -2.28. The zero-order valence-corrected chi connectivity index (χ0v) is 9.59. The maximum atomic E-state index is 11.8. The first kappa shape index (κ1) is 11.7. The van der Waals surface area contributed by atoms with E-state index >= 15 is 0 Å². The van der Waals surface area contributed by atoms with Gasteiger partial charge < -0.3 is 0 Å². The Morgan fingerprint density at radius 1 is 1.41 bits per heavy atom. The van der Waals surface area contributed by atoms with Crippen LogP contribution < -0.4 is 5.32 Å². The monoisotopic (exact) mass is 234 g/mol. The maximum Gasteiger partial charge on any atom is 0.246 e. The van der Waals surface area contributed by atoms with Crippen LogP contribution in [0.15, 0.2) is 18.5 Å². The summed E-state index contributed by atoms with van der Waals surface area (Å²) in [4.78, 5) is 32.3. The van der Waals surface area contributed by atoms with Crippen molar-refractivity contribution in [1.82, 2.24) is 20.2 Å². The van der Waals surface area contributed by atoms with Gasteiger partial charge in [-0.3, -0.25) is 19.8 Å². The number of nitrogens with one attached hydrogen (secondary N) is 1. The van der Waals surface area contributed by atoms with Gasteiger partial charge in [0, 0.05) is 25.9 Å². The summed E-state index contributed by atoms with van der Waals surface area (Å²) in [6, 6.07) is 1.42. The molecule has 2 heterocycles. The molecule has 0 saturated carbocycles. The highest BCUT2D eigenvalue weighted by Crippen LogP contribution is 2.11. The van der Waals surface area contributed by atoms with Crippen LogP contribution in [0.5, 0.6) is 0 Å². The average Bonchev–Trinajstić information content (AvgIpc) is 2.36. The molecule has 1 aromatic heterocycles. The second kappa shape index (κ2) is 5.01. The van der Waals surface area contributed by atoms with Gasteiger partial charge in [0.15, 0.2) is 0 Å². The van der Waals surface area contributed by atoms with Gasteiger partial charge in [0.2, 0.25) is 11.8 Å². The van der Waals surface area contributed by atoms with E-state index in [0.29, 0.717) is 25.2 Å². The van der Waals surface area contributed by atoms with Crippen LogP contribution in [0.1, 0.15) is 18.7 Å². The van der Waals surface area contributed by atoms with Crippen molar-refractivity contribution in [2.45, 2.75) is 25.4 Å². The number of amides is 2. The Morgan fingerprint density at radius 3 is 2.82 bits per heavy atom. The van der Waals surface area contributed by atoms with E-state index in [1.165, 1.54) is 11.9 Å². The number of carbonyl (C=O) groups is 2. The minimum Gasteiger partial charge on any atom is -0.299 e. The summed E-state index contributed by atoms with van der Waals surface area (Å²) in [6.07, 6.45) is 4.25. The van der Waals surface area contributed by atoms with E-state index in [0.717, 1.165) is 0 Å². The Labute approximate surface area is 99.1 Å². The predicted molar refractivity (Wildman–Crippen MR) is 59.7 cm³/mol. The van der Waals surface area contributed by atoms with Crippen LogP contribution in [0, 0.1) is 0 Å². The molecule has 6 nitrogen and oxygen atoms in total. The van der Waals surface area contributed by atoms with E-state index in [1.54, 1.807) is 18.5 Å². The number of imide groups is 1. The van der Waals surface area contributed by atoms with E-state index in [-0.39, 0.29) is 17.9 Å². The number of likely N-dealkylation sites (tertiary alicyclic amines) is 1.